The molecule has 1 aromatic heterocycles. The van der Waals surface area contributed by atoms with Crippen molar-refractivity contribution in [3.63, 3.8) is 0 Å². The Bertz CT molecular complexity index is 458. The quantitative estimate of drug-likeness (QED) is 0.579. The number of carbonyl (C=O) groups is 1. The minimum atomic E-state index is -1.07. The van der Waals surface area contributed by atoms with E-state index < -0.39 is 16.4 Å². The van der Waals surface area contributed by atoms with Crippen LogP contribution in [0.4, 0.5) is 5.00 Å². The zero-order valence-electron chi connectivity index (χ0n) is 10.7. The topological polar surface area (TPSA) is 102 Å². The number of nitrogens with zero attached hydrogens (tertiary/aromatic N) is 1. The molecule has 0 radical (unpaired) electrons. The van der Waals surface area contributed by atoms with Crippen LogP contribution >= 0.6 is 11.3 Å². The van der Waals surface area contributed by atoms with Crippen molar-refractivity contribution in [2.45, 2.75) is 18.9 Å². The molecule has 1 amide bonds. The van der Waals surface area contributed by atoms with Gasteiger partial charge in [0.2, 0.25) is 0 Å². The number of rotatable bonds is 7. The number of ether oxygens (including phenoxy) is 1. The van der Waals surface area contributed by atoms with Gasteiger partial charge in [-0.15, -0.1) is 0 Å². The maximum Gasteiger partial charge on any atom is 0.324 e. The van der Waals surface area contributed by atoms with E-state index in [-0.39, 0.29) is 16.4 Å². The van der Waals surface area contributed by atoms with Gasteiger partial charge in [0.25, 0.3) is 5.91 Å². The lowest BCUT2D eigenvalue weighted by Crippen LogP contribution is -2.41. The normalized spacial score (nSPS) is 13.8. The first-order valence-electron chi connectivity index (χ1n) is 5.59. The molecule has 106 valence electrons. The second-order valence-electron chi connectivity index (χ2n) is 4.32. The minimum absolute atomic E-state index is 0.0564. The van der Waals surface area contributed by atoms with Crippen molar-refractivity contribution >= 4 is 22.2 Å². The molecule has 0 saturated heterocycles. The Labute approximate surface area is 114 Å². The van der Waals surface area contributed by atoms with E-state index in [1.165, 1.54) is 19.2 Å². The molecule has 0 spiro atoms. The molecule has 2 N–H and O–H groups in total. The number of aliphatic hydroxyl groups is 1. The third-order valence-corrected chi connectivity index (χ3v) is 3.51. The molecule has 1 unspecified atom stereocenters. The largest absolute Gasteiger partial charge is 0.388 e. The molecule has 0 aliphatic rings. The van der Waals surface area contributed by atoms with Crippen LogP contribution in [0.1, 0.15) is 23.0 Å². The Morgan fingerprint density at radius 1 is 1.63 bits per heavy atom. The second-order valence-corrected chi connectivity index (χ2v) is 5.38. The van der Waals surface area contributed by atoms with Gasteiger partial charge < -0.3 is 15.2 Å². The van der Waals surface area contributed by atoms with Crippen molar-refractivity contribution in [3.05, 3.63) is 27.1 Å². The fourth-order valence-corrected chi connectivity index (χ4v) is 2.05. The smallest absolute Gasteiger partial charge is 0.324 e. The van der Waals surface area contributed by atoms with E-state index in [0.29, 0.717) is 13.0 Å². The third kappa shape index (κ3) is 4.93. The maximum absolute atomic E-state index is 11.7. The number of carbonyl (C=O) groups excluding carboxylic acids is 1. The third-order valence-electron chi connectivity index (χ3n) is 2.47. The first-order chi connectivity index (χ1) is 8.85. The summed E-state index contributed by atoms with van der Waals surface area (Å²) in [5.41, 5.74) is -1.07. The van der Waals surface area contributed by atoms with Crippen LogP contribution in [0.5, 0.6) is 0 Å². The number of amides is 1. The highest BCUT2D eigenvalue weighted by Crippen LogP contribution is 2.23. The molecule has 1 heterocycles. The van der Waals surface area contributed by atoms with E-state index in [1.807, 2.05) is 0 Å². The number of nitro groups is 1. The van der Waals surface area contributed by atoms with Crippen LogP contribution in [-0.2, 0) is 4.74 Å². The highest BCUT2D eigenvalue weighted by atomic mass is 32.1. The maximum atomic E-state index is 11.7. The van der Waals surface area contributed by atoms with Crippen LogP contribution in [-0.4, -0.2) is 41.8 Å². The molecule has 0 aliphatic heterocycles. The van der Waals surface area contributed by atoms with E-state index in [4.69, 9.17) is 4.74 Å². The Morgan fingerprint density at radius 2 is 2.32 bits per heavy atom. The number of nitrogens with one attached hydrogen (secondary N) is 1. The van der Waals surface area contributed by atoms with Gasteiger partial charge in [-0.3, -0.25) is 14.9 Å². The first kappa shape index (κ1) is 15.5. The molecular weight excluding hydrogens is 272 g/mol. The summed E-state index contributed by atoms with van der Waals surface area (Å²) in [6.07, 6.45) is 0.383. The summed E-state index contributed by atoms with van der Waals surface area (Å²) in [5.74, 6) is -0.434. The zero-order chi connectivity index (χ0) is 14.5. The van der Waals surface area contributed by atoms with E-state index >= 15 is 0 Å². The summed E-state index contributed by atoms with van der Waals surface area (Å²) in [6, 6.07) is 2.67. The molecular formula is C11H16N2O5S. The van der Waals surface area contributed by atoms with Gasteiger partial charge in [-0.25, -0.2) is 0 Å². The predicted octanol–water partition coefficient (Wildman–Crippen LogP) is 1.17. The van der Waals surface area contributed by atoms with Crippen molar-refractivity contribution in [3.8, 4) is 0 Å². The summed E-state index contributed by atoms with van der Waals surface area (Å²) >= 11 is 0.800. The Morgan fingerprint density at radius 3 is 2.84 bits per heavy atom. The Kier molecular flexibility index (Phi) is 5.40. The molecule has 7 nitrogen and oxygen atoms in total. The van der Waals surface area contributed by atoms with Crippen molar-refractivity contribution in [1.29, 1.82) is 0 Å². The van der Waals surface area contributed by atoms with E-state index in [0.717, 1.165) is 11.3 Å². The monoisotopic (exact) mass is 288 g/mol. The Hall–Kier alpha value is -1.51. The number of hydrogen-bond donors (Lipinski definition) is 2. The van der Waals surface area contributed by atoms with Crippen LogP contribution < -0.4 is 5.32 Å². The summed E-state index contributed by atoms with van der Waals surface area (Å²) in [6.45, 7) is 2.03. The van der Waals surface area contributed by atoms with Crippen molar-refractivity contribution < 1.29 is 19.6 Å². The zero-order valence-corrected chi connectivity index (χ0v) is 11.5. The second kappa shape index (κ2) is 6.60. The summed E-state index contributed by atoms with van der Waals surface area (Å²) in [4.78, 5) is 21.9. The van der Waals surface area contributed by atoms with E-state index in [9.17, 15) is 20.0 Å². The summed E-state index contributed by atoms with van der Waals surface area (Å²) < 4.78 is 4.85. The van der Waals surface area contributed by atoms with Gasteiger partial charge in [0.15, 0.2) is 0 Å². The molecule has 19 heavy (non-hydrogen) atoms. The van der Waals surface area contributed by atoms with Gasteiger partial charge in [-0.2, -0.15) is 0 Å². The predicted molar refractivity (Wildman–Crippen MR) is 70.4 cm³/mol. The van der Waals surface area contributed by atoms with Crippen molar-refractivity contribution in [1.82, 2.24) is 5.32 Å². The molecule has 8 heteroatoms. The van der Waals surface area contributed by atoms with Gasteiger partial charge in [0, 0.05) is 32.7 Å². The fraction of sp³-hybridized carbons (Fsp3) is 0.545. The Balaban J connectivity index is 2.52. The fourth-order valence-electron chi connectivity index (χ4n) is 1.32. The molecule has 1 atom stereocenters. The van der Waals surface area contributed by atoms with Crippen LogP contribution in [0.25, 0.3) is 0 Å². The highest BCUT2D eigenvalue weighted by molar-refractivity contribution is 7.17. The average Bonchev–Trinajstić information content (AvgIpc) is 2.83. The van der Waals surface area contributed by atoms with Gasteiger partial charge in [-0.05, 0) is 13.0 Å². The van der Waals surface area contributed by atoms with Crippen LogP contribution in [0.15, 0.2) is 12.1 Å². The molecule has 0 aromatic carbocycles. The van der Waals surface area contributed by atoms with Crippen molar-refractivity contribution in [2.75, 3.05) is 20.3 Å². The molecule has 0 aliphatic carbocycles. The highest BCUT2D eigenvalue weighted by Gasteiger charge is 2.22. The SMILES string of the molecule is COCCC(C)(O)CNC(=O)c1ccc([N+](=O)[O-])s1. The van der Waals surface area contributed by atoms with E-state index in [1.54, 1.807) is 6.92 Å². The van der Waals surface area contributed by atoms with Crippen molar-refractivity contribution in [2.24, 2.45) is 0 Å². The molecule has 1 rings (SSSR count). The lowest BCUT2D eigenvalue weighted by atomic mass is 10.0. The lowest BCUT2D eigenvalue weighted by Gasteiger charge is -2.22. The average molecular weight is 288 g/mol. The molecule has 0 fully saturated rings. The van der Waals surface area contributed by atoms with Crippen LogP contribution in [0.2, 0.25) is 0 Å². The van der Waals surface area contributed by atoms with Gasteiger partial charge in [0.05, 0.1) is 15.4 Å². The van der Waals surface area contributed by atoms with Crippen LogP contribution in [0, 0.1) is 10.1 Å². The summed E-state index contributed by atoms with van der Waals surface area (Å²) in [7, 11) is 1.53. The lowest BCUT2D eigenvalue weighted by molar-refractivity contribution is -0.380. The number of hydrogen-bond acceptors (Lipinski definition) is 6. The summed E-state index contributed by atoms with van der Waals surface area (Å²) in [5, 5.41) is 22.9. The minimum Gasteiger partial charge on any atom is -0.388 e. The van der Waals surface area contributed by atoms with Gasteiger partial charge in [-0.1, -0.05) is 11.3 Å². The van der Waals surface area contributed by atoms with Crippen LogP contribution in [0.3, 0.4) is 0 Å². The molecule has 0 bridgehead atoms. The molecule has 0 saturated carbocycles. The molecule has 1 aromatic rings. The van der Waals surface area contributed by atoms with Gasteiger partial charge >= 0.3 is 5.00 Å². The standard InChI is InChI=1S/C11H16N2O5S/c1-11(15,5-6-18-2)7-12-10(14)8-3-4-9(19-8)13(16)17/h3-4,15H,5-7H2,1-2H3,(H,12,14). The number of methoxy groups -OCH3 is 1. The number of thiophene rings is 1. The van der Waals surface area contributed by atoms with Gasteiger partial charge in [0.1, 0.15) is 0 Å². The first-order valence-corrected chi connectivity index (χ1v) is 6.41. The van der Waals surface area contributed by atoms with E-state index in [2.05, 4.69) is 5.32 Å².